The van der Waals surface area contributed by atoms with Crippen molar-refractivity contribution in [3.8, 4) is 0 Å². The number of methoxy groups -OCH3 is 1. The van der Waals surface area contributed by atoms with Crippen LogP contribution in [0.15, 0.2) is 65.9 Å². The van der Waals surface area contributed by atoms with E-state index in [2.05, 4.69) is 89.0 Å². The lowest BCUT2D eigenvalue weighted by molar-refractivity contribution is -0.141. The van der Waals surface area contributed by atoms with Crippen LogP contribution in [0.1, 0.15) is 83.8 Å². The highest BCUT2D eigenvalue weighted by Gasteiger charge is 2.32. The molecule has 1 aromatic carbocycles. The molecule has 0 spiro atoms. The van der Waals surface area contributed by atoms with E-state index in [1.165, 1.54) is 27.8 Å². The third-order valence-corrected chi connectivity index (χ3v) is 9.23. The zero-order valence-electron chi connectivity index (χ0n) is 27.3. The number of nitrogens with zero attached hydrogens (tertiary/aromatic N) is 1. The van der Waals surface area contributed by atoms with Crippen LogP contribution in [-0.4, -0.2) is 61.5 Å². The third kappa shape index (κ3) is 8.85. The van der Waals surface area contributed by atoms with Gasteiger partial charge in [-0.3, -0.25) is 10.2 Å². The van der Waals surface area contributed by atoms with Gasteiger partial charge in [0.15, 0.2) is 0 Å². The molecule has 0 aliphatic heterocycles. The van der Waals surface area contributed by atoms with Gasteiger partial charge in [-0.1, -0.05) is 82.3 Å². The van der Waals surface area contributed by atoms with Crippen LogP contribution in [0.3, 0.4) is 0 Å². The van der Waals surface area contributed by atoms with E-state index in [0.29, 0.717) is 19.1 Å². The molecule has 0 radical (unpaired) electrons. The van der Waals surface area contributed by atoms with Crippen LogP contribution in [-0.2, 0) is 14.3 Å². The summed E-state index contributed by atoms with van der Waals surface area (Å²) in [6, 6.07) is 8.65. The van der Waals surface area contributed by atoms with Crippen molar-refractivity contribution in [3.05, 3.63) is 77.0 Å². The predicted molar refractivity (Wildman–Crippen MR) is 176 cm³/mol. The molecular weight excluding hydrogens is 538 g/mol. The highest BCUT2D eigenvalue weighted by atomic mass is 16.5. The molecule has 0 heterocycles. The van der Waals surface area contributed by atoms with Crippen molar-refractivity contribution in [1.29, 1.82) is 5.41 Å². The van der Waals surface area contributed by atoms with E-state index in [4.69, 9.17) is 20.0 Å². The minimum absolute atomic E-state index is 0.0295. The van der Waals surface area contributed by atoms with Crippen molar-refractivity contribution in [2.75, 3.05) is 27.3 Å². The van der Waals surface area contributed by atoms with E-state index < -0.39 is 5.97 Å². The van der Waals surface area contributed by atoms with Gasteiger partial charge in [-0.05, 0) is 72.6 Å². The van der Waals surface area contributed by atoms with Crippen molar-refractivity contribution in [2.45, 2.75) is 84.8 Å². The quantitative estimate of drug-likeness (QED) is 0.105. The number of nitrogens with one attached hydrogen (secondary N) is 2. The Labute approximate surface area is 259 Å². The smallest absolute Gasteiger partial charge is 0.305 e. The molecule has 236 valence electrons. The summed E-state index contributed by atoms with van der Waals surface area (Å²) in [4.78, 5) is 13.0. The normalized spacial score (nSPS) is 18.9. The van der Waals surface area contributed by atoms with Crippen molar-refractivity contribution in [1.82, 2.24) is 10.2 Å². The SMILES string of the molecule is C=C(NCC(C)=CCCC(C)C(C)C(CC(=O)O)OC)C(C(C)C)N(C)C(=N)OCC1C2=C(CCC=C2)c2ccccc21. The maximum Gasteiger partial charge on any atom is 0.305 e. The van der Waals surface area contributed by atoms with Crippen LogP contribution < -0.4 is 5.32 Å². The first-order chi connectivity index (χ1) is 20.5. The summed E-state index contributed by atoms with van der Waals surface area (Å²) in [5.74, 6) is 0.0480. The lowest BCUT2D eigenvalue weighted by atomic mass is 9.85. The number of hydrogen-bond donors (Lipinski definition) is 3. The maximum absolute atomic E-state index is 11.1. The molecule has 0 saturated heterocycles. The Bertz CT molecular complexity index is 1230. The maximum atomic E-state index is 11.1. The molecule has 0 amide bonds. The highest BCUT2D eigenvalue weighted by molar-refractivity contribution is 5.81. The Kier molecular flexibility index (Phi) is 12.7. The van der Waals surface area contributed by atoms with Gasteiger partial charge in [-0.15, -0.1) is 0 Å². The Hall–Kier alpha value is -3.32. The number of hydrogen-bond acceptors (Lipinski definition) is 5. The summed E-state index contributed by atoms with van der Waals surface area (Å²) >= 11 is 0. The fraction of sp³-hybridized carbons (Fsp3) is 0.556. The van der Waals surface area contributed by atoms with Gasteiger partial charge in [-0.25, -0.2) is 0 Å². The van der Waals surface area contributed by atoms with Gasteiger partial charge in [0, 0.05) is 32.3 Å². The lowest BCUT2D eigenvalue weighted by Gasteiger charge is -2.34. The van der Waals surface area contributed by atoms with E-state index >= 15 is 0 Å². The molecule has 1 aromatic rings. The van der Waals surface area contributed by atoms with Gasteiger partial charge in [0.1, 0.15) is 6.61 Å². The second-order valence-corrected chi connectivity index (χ2v) is 12.6. The topological polar surface area (TPSA) is 94.9 Å². The number of carboxylic acids is 1. The van der Waals surface area contributed by atoms with Crippen molar-refractivity contribution >= 4 is 17.6 Å². The van der Waals surface area contributed by atoms with Gasteiger partial charge >= 0.3 is 5.97 Å². The van der Waals surface area contributed by atoms with E-state index in [0.717, 1.165) is 31.4 Å². The molecule has 5 atom stereocenters. The van der Waals surface area contributed by atoms with Crippen LogP contribution in [0.25, 0.3) is 5.57 Å². The largest absolute Gasteiger partial charge is 0.481 e. The van der Waals surface area contributed by atoms with E-state index in [1.54, 1.807) is 7.11 Å². The van der Waals surface area contributed by atoms with Crippen molar-refractivity contribution < 1.29 is 19.4 Å². The summed E-state index contributed by atoms with van der Waals surface area (Å²) in [7, 11) is 3.50. The molecule has 0 fully saturated rings. The molecule has 7 nitrogen and oxygen atoms in total. The fourth-order valence-electron chi connectivity index (χ4n) is 6.50. The van der Waals surface area contributed by atoms with Gasteiger partial charge in [0.05, 0.1) is 18.6 Å². The number of rotatable bonds is 16. The van der Waals surface area contributed by atoms with Crippen LogP contribution in [0, 0.1) is 23.2 Å². The number of likely N-dealkylation sites (N-methyl/N-ethyl adjacent to an activating group) is 1. The summed E-state index contributed by atoms with van der Waals surface area (Å²) in [6.45, 7) is 16.1. The molecule has 3 N–H and O–H groups in total. The van der Waals surface area contributed by atoms with Crippen molar-refractivity contribution in [2.24, 2.45) is 17.8 Å². The fourth-order valence-corrected chi connectivity index (χ4v) is 6.50. The zero-order chi connectivity index (χ0) is 31.7. The van der Waals surface area contributed by atoms with E-state index in [9.17, 15) is 4.79 Å². The van der Waals surface area contributed by atoms with Crippen LogP contribution in [0.2, 0.25) is 0 Å². The summed E-state index contributed by atoms with van der Waals surface area (Å²) in [6.07, 6.45) is 10.5. The lowest BCUT2D eigenvalue weighted by Crippen LogP contribution is -2.45. The Balaban J connectivity index is 1.52. The first-order valence-corrected chi connectivity index (χ1v) is 15.7. The number of benzene rings is 1. The zero-order valence-corrected chi connectivity index (χ0v) is 27.3. The molecule has 3 rings (SSSR count). The molecule has 0 bridgehead atoms. The molecule has 0 saturated carbocycles. The Morgan fingerprint density at radius 3 is 2.65 bits per heavy atom. The highest BCUT2D eigenvalue weighted by Crippen LogP contribution is 2.46. The minimum Gasteiger partial charge on any atom is -0.481 e. The van der Waals surface area contributed by atoms with Crippen LogP contribution >= 0.6 is 0 Å². The first-order valence-electron chi connectivity index (χ1n) is 15.7. The van der Waals surface area contributed by atoms with E-state index in [1.807, 2.05) is 11.9 Å². The predicted octanol–water partition coefficient (Wildman–Crippen LogP) is 7.39. The number of allylic oxidation sites excluding steroid dienone is 4. The summed E-state index contributed by atoms with van der Waals surface area (Å²) in [5.41, 5.74) is 7.47. The molecular formula is C36H53N3O4. The molecule has 43 heavy (non-hydrogen) atoms. The van der Waals surface area contributed by atoms with Gasteiger partial charge in [0.25, 0.3) is 6.02 Å². The number of carbonyl (C=O) groups is 1. The summed E-state index contributed by atoms with van der Waals surface area (Å²) < 4.78 is 11.6. The standard InChI is InChI=1S/C36H53N3O4/c1-23(2)35(27(6)38-21-24(3)14-13-15-25(4)26(5)33(42-8)20-34(40)41)39(7)36(37)43-22-32-30-18-11-9-16-28(30)29-17-10-12-19-31(29)32/h9,11-12,14,16,18-19,23,25-26,32-33,35,37-38H,6,10,13,15,17,20-22H2,1-5,7-8H3,(H,40,41). The van der Waals surface area contributed by atoms with Crippen LogP contribution in [0.4, 0.5) is 0 Å². The van der Waals surface area contributed by atoms with E-state index in [-0.39, 0.29) is 42.3 Å². The number of ether oxygens (including phenoxy) is 2. The first kappa shape index (κ1) is 34.2. The average molecular weight is 592 g/mol. The number of fused-ring (bicyclic) bond motifs is 2. The Morgan fingerprint density at radius 1 is 1.26 bits per heavy atom. The molecule has 0 aromatic heterocycles. The van der Waals surface area contributed by atoms with Crippen molar-refractivity contribution in [3.63, 3.8) is 0 Å². The second kappa shape index (κ2) is 15.9. The van der Waals surface area contributed by atoms with Gasteiger partial charge in [-0.2, -0.15) is 0 Å². The minimum atomic E-state index is -0.826. The molecule has 2 aliphatic carbocycles. The summed E-state index contributed by atoms with van der Waals surface area (Å²) in [5, 5.41) is 21.5. The third-order valence-electron chi connectivity index (χ3n) is 9.23. The number of amidine groups is 1. The van der Waals surface area contributed by atoms with Gasteiger partial charge in [0.2, 0.25) is 0 Å². The molecule has 7 heteroatoms. The molecule has 5 unspecified atom stereocenters. The monoisotopic (exact) mass is 591 g/mol. The number of carboxylic acid groups (broad SMARTS) is 1. The average Bonchev–Trinajstić information content (AvgIpc) is 3.30. The second-order valence-electron chi connectivity index (χ2n) is 12.6. The number of aliphatic carboxylic acids is 1. The van der Waals surface area contributed by atoms with Crippen LogP contribution in [0.5, 0.6) is 0 Å². The van der Waals surface area contributed by atoms with Gasteiger partial charge < -0.3 is 24.8 Å². The Morgan fingerprint density at radius 2 is 1.98 bits per heavy atom. The molecule has 2 aliphatic rings.